The van der Waals surface area contributed by atoms with Gasteiger partial charge in [-0.25, -0.2) is 12.8 Å². The first-order valence-corrected chi connectivity index (χ1v) is 12.2. The molecule has 3 aromatic rings. The van der Waals surface area contributed by atoms with Gasteiger partial charge >= 0.3 is 0 Å². The summed E-state index contributed by atoms with van der Waals surface area (Å²) in [6.07, 6.45) is 5.20. The first-order chi connectivity index (χ1) is 15.3. The molecule has 1 aliphatic heterocycles. The average molecular weight is 449 g/mol. The van der Waals surface area contributed by atoms with E-state index in [1.807, 2.05) is 44.2 Å². The van der Waals surface area contributed by atoms with Crippen LogP contribution in [0.2, 0.25) is 0 Å². The Labute approximate surface area is 188 Å². The molecule has 6 heteroatoms. The summed E-state index contributed by atoms with van der Waals surface area (Å²) in [5.74, 6) is 0.105. The molecule has 1 aliphatic carbocycles. The molecule has 3 unspecified atom stereocenters. The molecule has 32 heavy (non-hydrogen) atoms. The topological polar surface area (TPSA) is 58.2 Å². The maximum atomic E-state index is 13.4. The van der Waals surface area contributed by atoms with Crippen molar-refractivity contribution in [1.82, 2.24) is 0 Å². The van der Waals surface area contributed by atoms with Crippen molar-refractivity contribution in [3.63, 3.8) is 0 Å². The number of nitrogens with one attached hydrogen (secondary N) is 2. The third-order valence-corrected chi connectivity index (χ3v) is 7.86. The maximum Gasteiger partial charge on any atom is 0.261 e. The van der Waals surface area contributed by atoms with E-state index in [4.69, 9.17) is 0 Å². The molecule has 0 fully saturated rings. The Hall–Kier alpha value is -3.12. The fraction of sp³-hybridized carbons (Fsp3) is 0.231. The molecule has 3 atom stereocenters. The van der Waals surface area contributed by atoms with Crippen LogP contribution >= 0.6 is 0 Å². The Balaban J connectivity index is 1.49. The molecule has 0 saturated carbocycles. The van der Waals surface area contributed by atoms with Gasteiger partial charge in [-0.1, -0.05) is 42.0 Å². The number of halogens is 1. The minimum Gasteiger partial charge on any atom is -0.378 e. The largest absolute Gasteiger partial charge is 0.378 e. The lowest BCUT2D eigenvalue weighted by atomic mass is 9.77. The number of rotatable bonds is 4. The van der Waals surface area contributed by atoms with Gasteiger partial charge in [0.05, 0.1) is 16.6 Å². The van der Waals surface area contributed by atoms with Crippen molar-refractivity contribution < 1.29 is 12.8 Å². The van der Waals surface area contributed by atoms with Crippen molar-refractivity contribution in [1.29, 1.82) is 0 Å². The SMILES string of the molecule is Cc1ccc(NS(=O)(=O)c2ccc3c(c2)C2C=CCC2C(c2ccc(F)cc2)N3)c(C)c1. The van der Waals surface area contributed by atoms with E-state index in [0.29, 0.717) is 5.69 Å². The van der Waals surface area contributed by atoms with Gasteiger partial charge in [-0.05, 0) is 79.3 Å². The van der Waals surface area contributed by atoms with E-state index in [1.54, 1.807) is 18.2 Å². The molecule has 0 radical (unpaired) electrons. The number of aryl methyl sites for hydroxylation is 2. The van der Waals surface area contributed by atoms with E-state index in [9.17, 15) is 12.8 Å². The van der Waals surface area contributed by atoms with Gasteiger partial charge in [0, 0.05) is 11.6 Å². The zero-order valence-electron chi connectivity index (χ0n) is 18.0. The standard InChI is InChI=1S/C26H25FN2O2S/c1-16-6-12-24(17(2)14-16)29-32(30,31)20-11-13-25-23(15-20)21-4-3-5-22(21)26(28-25)18-7-9-19(27)10-8-18/h3-4,6-15,21-22,26,28-29H,5H2,1-2H3. The van der Waals surface area contributed by atoms with Crippen molar-refractivity contribution in [3.8, 4) is 0 Å². The van der Waals surface area contributed by atoms with Crippen molar-refractivity contribution in [2.45, 2.75) is 37.1 Å². The number of sulfonamides is 1. The zero-order valence-corrected chi connectivity index (χ0v) is 18.8. The molecule has 0 aromatic heterocycles. The van der Waals surface area contributed by atoms with Crippen molar-refractivity contribution in [2.24, 2.45) is 5.92 Å². The summed E-state index contributed by atoms with van der Waals surface area (Å²) < 4.78 is 42.5. The quantitative estimate of drug-likeness (QED) is 0.476. The fourth-order valence-electron chi connectivity index (χ4n) is 4.87. The summed E-state index contributed by atoms with van der Waals surface area (Å²) >= 11 is 0. The first-order valence-electron chi connectivity index (χ1n) is 10.7. The predicted molar refractivity (Wildman–Crippen MR) is 126 cm³/mol. The molecule has 4 nitrogen and oxygen atoms in total. The van der Waals surface area contributed by atoms with E-state index >= 15 is 0 Å². The van der Waals surface area contributed by atoms with E-state index in [2.05, 4.69) is 22.2 Å². The number of hydrogen-bond donors (Lipinski definition) is 2. The van der Waals surface area contributed by atoms with E-state index in [1.165, 1.54) is 12.1 Å². The number of hydrogen-bond acceptors (Lipinski definition) is 3. The third-order valence-electron chi connectivity index (χ3n) is 6.50. The second-order valence-electron chi connectivity index (χ2n) is 8.70. The van der Waals surface area contributed by atoms with Crippen molar-refractivity contribution in [2.75, 3.05) is 10.0 Å². The van der Waals surface area contributed by atoms with Crippen LogP contribution in [0.25, 0.3) is 0 Å². The maximum absolute atomic E-state index is 13.4. The van der Waals surface area contributed by atoms with Gasteiger partial charge in [-0.15, -0.1) is 0 Å². The van der Waals surface area contributed by atoms with Gasteiger partial charge in [-0.3, -0.25) is 4.72 Å². The third kappa shape index (κ3) is 3.69. The molecule has 1 heterocycles. The van der Waals surface area contributed by atoms with E-state index in [-0.39, 0.29) is 28.6 Å². The van der Waals surface area contributed by atoms with Crippen LogP contribution in [0.3, 0.4) is 0 Å². The monoisotopic (exact) mass is 448 g/mol. The smallest absolute Gasteiger partial charge is 0.261 e. The summed E-state index contributed by atoms with van der Waals surface area (Å²) in [7, 11) is -3.72. The molecule has 5 rings (SSSR count). The second kappa shape index (κ2) is 7.78. The van der Waals surface area contributed by atoms with E-state index in [0.717, 1.165) is 34.4 Å². The first kappa shape index (κ1) is 20.8. The molecule has 164 valence electrons. The van der Waals surface area contributed by atoms with Crippen LogP contribution in [0.15, 0.2) is 77.7 Å². The Kier molecular flexibility index (Phi) is 5.05. The van der Waals surface area contributed by atoms with Crippen LogP contribution in [0.4, 0.5) is 15.8 Å². The van der Waals surface area contributed by atoms with Gasteiger partial charge in [0.1, 0.15) is 5.82 Å². The van der Waals surface area contributed by atoms with Crippen molar-refractivity contribution >= 4 is 21.4 Å². The molecular formula is C26H25FN2O2S. The highest BCUT2D eigenvalue weighted by Gasteiger charge is 2.38. The highest BCUT2D eigenvalue weighted by Crippen LogP contribution is 2.50. The van der Waals surface area contributed by atoms with Crippen LogP contribution in [-0.2, 0) is 10.0 Å². The van der Waals surface area contributed by atoms with Gasteiger partial charge in [0.15, 0.2) is 0 Å². The molecule has 0 saturated heterocycles. The summed E-state index contributed by atoms with van der Waals surface area (Å²) in [5, 5.41) is 3.57. The molecule has 2 N–H and O–H groups in total. The van der Waals surface area contributed by atoms with Gasteiger partial charge in [-0.2, -0.15) is 0 Å². The van der Waals surface area contributed by atoms with Crippen LogP contribution < -0.4 is 10.0 Å². The minimum atomic E-state index is -3.72. The van der Waals surface area contributed by atoms with Gasteiger partial charge in [0.25, 0.3) is 10.0 Å². The molecule has 0 spiro atoms. The predicted octanol–water partition coefficient (Wildman–Crippen LogP) is 6.07. The number of benzene rings is 3. The van der Waals surface area contributed by atoms with Gasteiger partial charge in [0.2, 0.25) is 0 Å². The molecular weight excluding hydrogens is 423 g/mol. The molecule has 3 aromatic carbocycles. The normalized spacial score (nSPS) is 21.5. The van der Waals surface area contributed by atoms with Crippen LogP contribution in [0.1, 0.15) is 40.6 Å². The van der Waals surface area contributed by atoms with Crippen LogP contribution in [-0.4, -0.2) is 8.42 Å². The average Bonchev–Trinajstić information content (AvgIpc) is 3.26. The summed E-state index contributed by atoms with van der Waals surface area (Å²) in [4.78, 5) is 0.248. The van der Waals surface area contributed by atoms with Crippen molar-refractivity contribution in [3.05, 3.63) is 101 Å². The summed E-state index contributed by atoms with van der Waals surface area (Å²) in [6.45, 7) is 3.87. The molecule has 2 aliphatic rings. The highest BCUT2D eigenvalue weighted by molar-refractivity contribution is 7.92. The van der Waals surface area contributed by atoms with Gasteiger partial charge < -0.3 is 5.32 Å². The number of anilines is 2. The number of allylic oxidation sites excluding steroid dienone is 2. The van der Waals surface area contributed by atoms with E-state index < -0.39 is 10.0 Å². The molecule has 0 amide bonds. The lowest BCUT2D eigenvalue weighted by molar-refractivity contribution is 0.424. The summed E-state index contributed by atoms with van der Waals surface area (Å²) in [5.41, 5.74) is 5.47. The minimum absolute atomic E-state index is 0.0406. The second-order valence-corrected chi connectivity index (χ2v) is 10.4. The Bertz CT molecular complexity index is 1320. The fourth-order valence-corrected chi connectivity index (χ4v) is 6.04. The Morgan fingerprint density at radius 2 is 1.78 bits per heavy atom. The summed E-state index contributed by atoms with van der Waals surface area (Å²) in [6, 6.07) is 17.6. The Morgan fingerprint density at radius 1 is 1.00 bits per heavy atom. The Morgan fingerprint density at radius 3 is 2.53 bits per heavy atom. The lowest BCUT2D eigenvalue weighted by Crippen LogP contribution is -2.29. The van der Waals surface area contributed by atoms with Crippen LogP contribution in [0.5, 0.6) is 0 Å². The number of fused-ring (bicyclic) bond motifs is 3. The zero-order chi connectivity index (χ0) is 22.5. The lowest BCUT2D eigenvalue weighted by Gasteiger charge is -2.37. The highest BCUT2D eigenvalue weighted by atomic mass is 32.2. The molecule has 0 bridgehead atoms. The van der Waals surface area contributed by atoms with Crippen LogP contribution in [0, 0.1) is 25.6 Å².